The first kappa shape index (κ1) is 13.4. The molecule has 0 spiro atoms. The summed E-state index contributed by atoms with van der Waals surface area (Å²) in [6.45, 7) is 2.04. The number of hydrogen-bond acceptors (Lipinski definition) is 4. The first-order chi connectivity index (χ1) is 10.2. The van der Waals surface area contributed by atoms with E-state index in [1.165, 1.54) is 5.56 Å². The number of pyridine rings is 1. The number of aromatic amines is 1. The van der Waals surface area contributed by atoms with Gasteiger partial charge >= 0.3 is 0 Å². The van der Waals surface area contributed by atoms with Gasteiger partial charge in [-0.05, 0) is 31.3 Å². The second-order valence-electron chi connectivity index (χ2n) is 4.53. The smallest absolute Gasteiger partial charge is 0.216 e. The second kappa shape index (κ2) is 5.80. The molecular weight excluding hydrogens is 282 g/mol. The van der Waals surface area contributed by atoms with Crippen molar-refractivity contribution in [2.45, 2.75) is 6.92 Å². The van der Waals surface area contributed by atoms with Crippen molar-refractivity contribution in [2.75, 3.05) is 0 Å². The summed E-state index contributed by atoms with van der Waals surface area (Å²) in [5.74, 6) is 0.673. The molecule has 6 heteroatoms. The fourth-order valence-electron chi connectivity index (χ4n) is 1.86. The summed E-state index contributed by atoms with van der Waals surface area (Å²) in [4.78, 5) is 4.19. The third-order valence-corrected chi connectivity index (χ3v) is 3.22. The van der Waals surface area contributed by atoms with Gasteiger partial charge in [0.15, 0.2) is 5.82 Å². The van der Waals surface area contributed by atoms with Crippen molar-refractivity contribution in [3.63, 3.8) is 0 Å². The fraction of sp³-hybridized carbons (Fsp3) is 0.0667. The summed E-state index contributed by atoms with van der Waals surface area (Å²) in [7, 11) is 0. The highest BCUT2D eigenvalue weighted by molar-refractivity contribution is 7.71. The molecule has 0 aliphatic rings. The minimum Gasteiger partial charge on any atom is -0.255 e. The molecule has 0 saturated carbocycles. The van der Waals surface area contributed by atoms with Gasteiger partial charge in [-0.25, -0.2) is 5.10 Å². The van der Waals surface area contributed by atoms with Crippen LogP contribution in [0.4, 0.5) is 0 Å². The van der Waals surface area contributed by atoms with Crippen LogP contribution in [0.3, 0.4) is 0 Å². The number of benzene rings is 1. The van der Waals surface area contributed by atoms with E-state index in [-0.39, 0.29) is 0 Å². The minimum atomic E-state index is 0.442. The molecule has 0 saturated heterocycles. The maximum atomic E-state index is 5.22. The summed E-state index contributed by atoms with van der Waals surface area (Å²) in [5, 5.41) is 11.4. The molecule has 0 amide bonds. The van der Waals surface area contributed by atoms with Crippen molar-refractivity contribution >= 4 is 18.4 Å². The SMILES string of the molecule is Cc1ccc(-c2n[nH]c(=S)n2N=Cc2ccccn2)cc1. The molecule has 0 bridgehead atoms. The lowest BCUT2D eigenvalue weighted by Crippen LogP contribution is -1.96. The number of rotatable bonds is 3. The van der Waals surface area contributed by atoms with Gasteiger partial charge in [-0.1, -0.05) is 35.9 Å². The number of nitrogens with one attached hydrogen (secondary N) is 1. The lowest BCUT2D eigenvalue weighted by atomic mass is 10.1. The summed E-state index contributed by atoms with van der Waals surface area (Å²) in [6.07, 6.45) is 3.37. The van der Waals surface area contributed by atoms with Gasteiger partial charge in [-0.15, -0.1) is 0 Å². The van der Waals surface area contributed by atoms with Crippen LogP contribution in [-0.2, 0) is 0 Å². The van der Waals surface area contributed by atoms with Crippen LogP contribution in [0.5, 0.6) is 0 Å². The summed E-state index contributed by atoms with van der Waals surface area (Å²) in [5.41, 5.74) is 2.90. The van der Waals surface area contributed by atoms with E-state index < -0.39 is 0 Å². The summed E-state index contributed by atoms with van der Waals surface area (Å²) >= 11 is 5.22. The van der Waals surface area contributed by atoms with Crippen LogP contribution in [0.25, 0.3) is 11.4 Å². The van der Waals surface area contributed by atoms with Crippen LogP contribution in [0.1, 0.15) is 11.3 Å². The van der Waals surface area contributed by atoms with E-state index in [0.717, 1.165) is 11.3 Å². The Morgan fingerprint density at radius 2 is 2.00 bits per heavy atom. The third kappa shape index (κ3) is 2.95. The van der Waals surface area contributed by atoms with E-state index >= 15 is 0 Å². The van der Waals surface area contributed by atoms with Gasteiger partial charge in [-0.2, -0.15) is 14.9 Å². The Labute approximate surface area is 127 Å². The van der Waals surface area contributed by atoms with Crippen molar-refractivity contribution in [2.24, 2.45) is 5.10 Å². The highest BCUT2D eigenvalue weighted by Crippen LogP contribution is 2.17. The molecular formula is C15H13N5S. The number of aryl methyl sites for hydroxylation is 1. The Hall–Kier alpha value is -2.60. The zero-order valence-electron chi connectivity index (χ0n) is 11.4. The highest BCUT2D eigenvalue weighted by Gasteiger charge is 2.07. The number of nitrogens with zero attached hydrogens (tertiary/aromatic N) is 4. The van der Waals surface area contributed by atoms with Crippen molar-refractivity contribution in [3.8, 4) is 11.4 Å². The lowest BCUT2D eigenvalue weighted by Gasteiger charge is -2.01. The topological polar surface area (TPSA) is 58.9 Å². The second-order valence-corrected chi connectivity index (χ2v) is 4.92. The third-order valence-electron chi connectivity index (χ3n) is 2.95. The summed E-state index contributed by atoms with van der Waals surface area (Å²) < 4.78 is 2.03. The van der Waals surface area contributed by atoms with Crippen molar-refractivity contribution < 1.29 is 0 Å². The molecule has 0 aliphatic heterocycles. The number of aromatic nitrogens is 4. The molecule has 2 aromatic heterocycles. The average Bonchev–Trinajstić information content (AvgIpc) is 2.88. The van der Waals surface area contributed by atoms with Gasteiger partial charge in [0.2, 0.25) is 4.77 Å². The van der Waals surface area contributed by atoms with Crippen molar-refractivity contribution in [1.29, 1.82) is 0 Å². The maximum Gasteiger partial charge on any atom is 0.216 e. The Kier molecular flexibility index (Phi) is 3.70. The molecule has 104 valence electrons. The minimum absolute atomic E-state index is 0.442. The zero-order valence-corrected chi connectivity index (χ0v) is 12.2. The predicted octanol–water partition coefficient (Wildman–Crippen LogP) is 3.19. The molecule has 2 heterocycles. The summed E-state index contributed by atoms with van der Waals surface area (Å²) in [6, 6.07) is 13.7. The Morgan fingerprint density at radius 3 is 2.71 bits per heavy atom. The molecule has 0 radical (unpaired) electrons. The van der Waals surface area contributed by atoms with Crippen LogP contribution in [0.2, 0.25) is 0 Å². The molecule has 0 aliphatic carbocycles. The monoisotopic (exact) mass is 295 g/mol. The fourth-order valence-corrected chi connectivity index (χ4v) is 2.04. The van der Waals surface area contributed by atoms with Crippen molar-refractivity contribution in [1.82, 2.24) is 19.9 Å². The number of H-pyrrole nitrogens is 1. The maximum absolute atomic E-state index is 5.22. The van der Waals surface area contributed by atoms with E-state index in [2.05, 4.69) is 20.3 Å². The van der Waals surface area contributed by atoms with Gasteiger partial charge in [0.1, 0.15) is 0 Å². The normalized spacial score (nSPS) is 11.1. The van der Waals surface area contributed by atoms with E-state index in [1.807, 2.05) is 49.4 Å². The van der Waals surface area contributed by atoms with Crippen molar-refractivity contribution in [3.05, 3.63) is 64.7 Å². The van der Waals surface area contributed by atoms with Gasteiger partial charge in [0, 0.05) is 11.8 Å². The standard InChI is InChI=1S/C15H13N5S/c1-11-5-7-12(8-6-11)14-18-19-15(21)20(14)17-10-13-4-2-3-9-16-13/h2-10H,1H3,(H,19,21). The first-order valence-corrected chi connectivity index (χ1v) is 6.85. The van der Waals surface area contributed by atoms with Crippen LogP contribution >= 0.6 is 12.2 Å². The molecule has 5 nitrogen and oxygen atoms in total. The molecule has 0 fully saturated rings. The van der Waals surface area contributed by atoms with Crippen LogP contribution in [0.15, 0.2) is 53.8 Å². The highest BCUT2D eigenvalue weighted by atomic mass is 32.1. The van der Waals surface area contributed by atoms with Gasteiger partial charge in [0.25, 0.3) is 0 Å². The van der Waals surface area contributed by atoms with E-state index in [1.54, 1.807) is 17.1 Å². The predicted molar refractivity (Wildman–Crippen MR) is 84.8 cm³/mol. The van der Waals surface area contributed by atoms with Crippen LogP contribution in [-0.4, -0.2) is 26.1 Å². The molecule has 1 aromatic carbocycles. The van der Waals surface area contributed by atoms with Gasteiger partial charge in [0.05, 0.1) is 11.9 Å². The molecule has 0 unspecified atom stereocenters. The molecule has 0 atom stereocenters. The van der Waals surface area contributed by atoms with E-state index in [0.29, 0.717) is 10.6 Å². The van der Waals surface area contributed by atoms with Gasteiger partial charge in [-0.3, -0.25) is 4.98 Å². The van der Waals surface area contributed by atoms with Gasteiger partial charge < -0.3 is 0 Å². The zero-order chi connectivity index (χ0) is 14.7. The molecule has 1 N–H and O–H groups in total. The van der Waals surface area contributed by atoms with Crippen LogP contribution in [0, 0.1) is 11.7 Å². The largest absolute Gasteiger partial charge is 0.255 e. The lowest BCUT2D eigenvalue weighted by molar-refractivity contribution is 0.870. The Balaban J connectivity index is 2.00. The van der Waals surface area contributed by atoms with Crippen LogP contribution < -0.4 is 0 Å². The van der Waals surface area contributed by atoms with E-state index in [9.17, 15) is 0 Å². The first-order valence-electron chi connectivity index (χ1n) is 6.44. The Morgan fingerprint density at radius 1 is 1.19 bits per heavy atom. The molecule has 21 heavy (non-hydrogen) atoms. The van der Waals surface area contributed by atoms with E-state index in [4.69, 9.17) is 12.2 Å². The quantitative estimate of drug-likeness (QED) is 0.596. The Bertz CT molecular complexity index is 815. The average molecular weight is 295 g/mol. The molecule has 3 aromatic rings. The molecule has 3 rings (SSSR count). The number of hydrogen-bond donors (Lipinski definition) is 1.